The van der Waals surface area contributed by atoms with Crippen LogP contribution in [0.4, 0.5) is 0 Å². The Balaban J connectivity index is 2.51. The smallest absolute Gasteiger partial charge is 0.237 e. The fourth-order valence-electron chi connectivity index (χ4n) is 1.52. The van der Waals surface area contributed by atoms with E-state index in [0.29, 0.717) is 6.54 Å². The number of hydrogen-bond donors (Lipinski definition) is 3. The maximum absolute atomic E-state index is 11.7. The molecule has 0 spiro atoms. The molecule has 0 aliphatic heterocycles. The number of aliphatic hydroxyl groups is 1. The highest BCUT2D eigenvalue weighted by Crippen LogP contribution is 2.12. The van der Waals surface area contributed by atoms with Crippen LogP contribution in [0.3, 0.4) is 0 Å². The molecule has 1 amide bonds. The van der Waals surface area contributed by atoms with Crippen LogP contribution in [0, 0.1) is 5.92 Å². The molecule has 0 aliphatic carbocycles. The number of carbonyl (C=O) groups excluding carboxylic acids is 1. The van der Waals surface area contributed by atoms with Gasteiger partial charge in [-0.25, -0.2) is 0 Å². The highest BCUT2D eigenvalue weighted by molar-refractivity contribution is 5.81. The van der Waals surface area contributed by atoms with E-state index in [1.807, 2.05) is 38.1 Å². The van der Waals surface area contributed by atoms with Crippen molar-refractivity contribution in [2.75, 3.05) is 0 Å². The Morgan fingerprint density at radius 2 is 1.83 bits per heavy atom. The molecular formula is C14H22N2O2. The molecule has 0 saturated heterocycles. The van der Waals surface area contributed by atoms with E-state index in [1.165, 1.54) is 0 Å². The van der Waals surface area contributed by atoms with Crippen molar-refractivity contribution in [1.82, 2.24) is 5.32 Å². The SMILES string of the molecule is CC(O)c1ccc(CNC(=O)[C@@H](N)C(C)C)cc1. The number of nitrogens with two attached hydrogens (primary N) is 1. The average molecular weight is 250 g/mol. The lowest BCUT2D eigenvalue weighted by Gasteiger charge is -2.15. The third kappa shape index (κ3) is 4.13. The lowest BCUT2D eigenvalue weighted by Crippen LogP contribution is -2.43. The van der Waals surface area contributed by atoms with Crippen molar-refractivity contribution in [2.45, 2.75) is 39.5 Å². The van der Waals surface area contributed by atoms with E-state index in [9.17, 15) is 9.90 Å². The Labute approximate surface area is 108 Å². The van der Waals surface area contributed by atoms with E-state index in [4.69, 9.17) is 5.73 Å². The number of amides is 1. The van der Waals surface area contributed by atoms with Crippen LogP contribution < -0.4 is 11.1 Å². The standard InChI is InChI=1S/C14H22N2O2/c1-9(2)13(15)14(18)16-8-11-4-6-12(7-5-11)10(3)17/h4-7,9-10,13,17H,8,15H2,1-3H3,(H,16,18)/t10?,13-/m0/s1. The zero-order valence-corrected chi connectivity index (χ0v) is 11.2. The Bertz CT molecular complexity index is 385. The summed E-state index contributed by atoms with van der Waals surface area (Å²) in [5.74, 6) is -0.00721. The average Bonchev–Trinajstić information content (AvgIpc) is 2.35. The fraction of sp³-hybridized carbons (Fsp3) is 0.500. The van der Waals surface area contributed by atoms with Gasteiger partial charge in [-0.1, -0.05) is 38.1 Å². The van der Waals surface area contributed by atoms with Crippen molar-refractivity contribution in [3.05, 3.63) is 35.4 Å². The summed E-state index contributed by atoms with van der Waals surface area (Å²) in [5, 5.41) is 12.2. The second-order valence-electron chi connectivity index (χ2n) is 4.91. The molecule has 0 radical (unpaired) electrons. The topological polar surface area (TPSA) is 75.3 Å². The van der Waals surface area contributed by atoms with Crippen molar-refractivity contribution in [3.8, 4) is 0 Å². The second kappa shape index (κ2) is 6.52. The van der Waals surface area contributed by atoms with Crippen LogP contribution in [-0.4, -0.2) is 17.1 Å². The van der Waals surface area contributed by atoms with Crippen molar-refractivity contribution >= 4 is 5.91 Å². The quantitative estimate of drug-likeness (QED) is 0.738. The van der Waals surface area contributed by atoms with Crippen molar-refractivity contribution in [1.29, 1.82) is 0 Å². The maximum Gasteiger partial charge on any atom is 0.237 e. The molecule has 4 N–H and O–H groups in total. The molecule has 1 aromatic rings. The first-order chi connectivity index (χ1) is 8.41. The predicted octanol–water partition coefficient (Wildman–Crippen LogP) is 1.34. The van der Waals surface area contributed by atoms with E-state index in [1.54, 1.807) is 6.92 Å². The van der Waals surface area contributed by atoms with Gasteiger partial charge in [-0.3, -0.25) is 4.79 Å². The van der Waals surface area contributed by atoms with Gasteiger partial charge < -0.3 is 16.2 Å². The van der Waals surface area contributed by atoms with Gasteiger partial charge in [0.15, 0.2) is 0 Å². The van der Waals surface area contributed by atoms with Crippen LogP contribution in [0.2, 0.25) is 0 Å². The minimum atomic E-state index is -0.471. The molecule has 0 heterocycles. The third-order valence-corrected chi connectivity index (χ3v) is 2.95. The maximum atomic E-state index is 11.7. The summed E-state index contributed by atoms with van der Waals surface area (Å²) < 4.78 is 0. The molecule has 4 heteroatoms. The van der Waals surface area contributed by atoms with Crippen molar-refractivity contribution in [2.24, 2.45) is 11.7 Å². The molecule has 18 heavy (non-hydrogen) atoms. The minimum Gasteiger partial charge on any atom is -0.389 e. The van der Waals surface area contributed by atoms with Gasteiger partial charge in [-0.2, -0.15) is 0 Å². The van der Waals surface area contributed by atoms with Gasteiger partial charge in [0.2, 0.25) is 5.91 Å². The molecule has 0 aromatic heterocycles. The first-order valence-electron chi connectivity index (χ1n) is 6.22. The van der Waals surface area contributed by atoms with Crippen LogP contribution in [-0.2, 0) is 11.3 Å². The summed E-state index contributed by atoms with van der Waals surface area (Å²) in [7, 11) is 0. The molecule has 1 unspecified atom stereocenters. The first kappa shape index (κ1) is 14.7. The van der Waals surface area contributed by atoms with E-state index in [-0.39, 0.29) is 11.8 Å². The van der Waals surface area contributed by atoms with Crippen LogP contribution in [0.1, 0.15) is 38.0 Å². The van der Waals surface area contributed by atoms with Crippen molar-refractivity contribution < 1.29 is 9.90 Å². The van der Waals surface area contributed by atoms with Crippen LogP contribution in [0.25, 0.3) is 0 Å². The molecule has 0 fully saturated rings. The summed E-state index contributed by atoms with van der Waals surface area (Å²) >= 11 is 0. The Hall–Kier alpha value is -1.39. The predicted molar refractivity (Wildman–Crippen MR) is 71.7 cm³/mol. The molecule has 100 valence electrons. The van der Waals surface area contributed by atoms with Crippen LogP contribution >= 0.6 is 0 Å². The summed E-state index contributed by atoms with van der Waals surface area (Å²) in [6, 6.07) is 7.02. The largest absolute Gasteiger partial charge is 0.389 e. The summed E-state index contributed by atoms with van der Waals surface area (Å²) in [5.41, 5.74) is 7.60. The van der Waals surface area contributed by atoms with E-state index in [0.717, 1.165) is 11.1 Å². The van der Waals surface area contributed by atoms with Crippen LogP contribution in [0.15, 0.2) is 24.3 Å². The summed E-state index contributed by atoms with van der Waals surface area (Å²) in [4.78, 5) is 11.7. The van der Waals surface area contributed by atoms with Gasteiger partial charge in [0, 0.05) is 6.54 Å². The minimum absolute atomic E-state index is 0.127. The fourth-order valence-corrected chi connectivity index (χ4v) is 1.52. The van der Waals surface area contributed by atoms with Crippen LogP contribution in [0.5, 0.6) is 0 Å². The highest BCUT2D eigenvalue weighted by atomic mass is 16.3. The first-order valence-corrected chi connectivity index (χ1v) is 6.22. The molecule has 1 aromatic carbocycles. The monoisotopic (exact) mass is 250 g/mol. The molecule has 0 bridgehead atoms. The Kier molecular flexibility index (Phi) is 5.31. The zero-order chi connectivity index (χ0) is 13.7. The van der Waals surface area contributed by atoms with Gasteiger partial charge in [0.05, 0.1) is 12.1 Å². The summed E-state index contributed by atoms with van der Waals surface area (Å²) in [6.45, 7) is 6.02. The van der Waals surface area contributed by atoms with Gasteiger partial charge in [-0.15, -0.1) is 0 Å². The van der Waals surface area contributed by atoms with Gasteiger partial charge in [-0.05, 0) is 24.0 Å². The zero-order valence-electron chi connectivity index (χ0n) is 11.2. The normalized spacial score (nSPS) is 14.3. The number of rotatable bonds is 5. The molecule has 4 nitrogen and oxygen atoms in total. The van der Waals surface area contributed by atoms with E-state index in [2.05, 4.69) is 5.32 Å². The van der Waals surface area contributed by atoms with Gasteiger partial charge in [0.25, 0.3) is 0 Å². The lowest BCUT2D eigenvalue weighted by molar-refractivity contribution is -0.123. The molecular weight excluding hydrogens is 228 g/mol. The molecule has 2 atom stereocenters. The lowest BCUT2D eigenvalue weighted by atomic mass is 10.0. The van der Waals surface area contributed by atoms with Gasteiger partial charge >= 0.3 is 0 Å². The molecule has 0 aliphatic rings. The highest BCUT2D eigenvalue weighted by Gasteiger charge is 2.16. The third-order valence-electron chi connectivity index (χ3n) is 2.95. The number of carbonyl (C=O) groups is 1. The number of benzene rings is 1. The second-order valence-corrected chi connectivity index (χ2v) is 4.91. The number of hydrogen-bond acceptors (Lipinski definition) is 3. The molecule has 0 saturated carbocycles. The van der Waals surface area contributed by atoms with Crippen molar-refractivity contribution in [3.63, 3.8) is 0 Å². The Morgan fingerprint density at radius 3 is 2.28 bits per heavy atom. The Morgan fingerprint density at radius 1 is 1.28 bits per heavy atom. The van der Waals surface area contributed by atoms with E-state index < -0.39 is 12.1 Å². The number of nitrogens with one attached hydrogen (secondary N) is 1. The number of aliphatic hydroxyl groups excluding tert-OH is 1. The van der Waals surface area contributed by atoms with Gasteiger partial charge in [0.1, 0.15) is 0 Å². The summed E-state index contributed by atoms with van der Waals surface area (Å²) in [6.07, 6.45) is -0.469. The van der Waals surface area contributed by atoms with E-state index >= 15 is 0 Å². The molecule has 1 rings (SSSR count).